The summed E-state index contributed by atoms with van der Waals surface area (Å²) in [5.41, 5.74) is 1.54. The van der Waals surface area contributed by atoms with Gasteiger partial charge >= 0.3 is 0 Å². The maximum absolute atomic E-state index is 12.5. The highest BCUT2D eigenvalue weighted by Gasteiger charge is 2.22. The predicted molar refractivity (Wildman–Crippen MR) is 107 cm³/mol. The fraction of sp³-hybridized carbons (Fsp3) is 0.381. The summed E-state index contributed by atoms with van der Waals surface area (Å²) in [7, 11) is 1.63. The Morgan fingerprint density at radius 1 is 1.25 bits per heavy atom. The average Bonchev–Trinajstić information content (AvgIpc) is 2.74. The number of rotatable bonds is 6. The van der Waals surface area contributed by atoms with Gasteiger partial charge in [0.15, 0.2) is 0 Å². The lowest BCUT2D eigenvalue weighted by Gasteiger charge is -2.35. The summed E-state index contributed by atoms with van der Waals surface area (Å²) in [6.45, 7) is 5.27. The van der Waals surface area contributed by atoms with Gasteiger partial charge in [0.1, 0.15) is 17.6 Å². The first kappa shape index (κ1) is 19.6. The fourth-order valence-corrected chi connectivity index (χ4v) is 3.45. The summed E-state index contributed by atoms with van der Waals surface area (Å²) in [4.78, 5) is 21.0. The number of hydrogen-bond acceptors (Lipinski definition) is 6. The Bertz CT molecular complexity index is 856. The molecule has 146 valence electrons. The van der Waals surface area contributed by atoms with Crippen molar-refractivity contribution in [3.05, 3.63) is 53.7 Å². The van der Waals surface area contributed by atoms with Gasteiger partial charge in [0.05, 0.1) is 25.3 Å². The third-order valence-electron chi connectivity index (χ3n) is 4.93. The van der Waals surface area contributed by atoms with Crippen LogP contribution < -0.4 is 15.0 Å². The highest BCUT2D eigenvalue weighted by atomic mass is 16.5. The number of methoxy groups -OCH3 is 1. The van der Waals surface area contributed by atoms with Gasteiger partial charge < -0.3 is 15.0 Å². The van der Waals surface area contributed by atoms with Crippen LogP contribution in [0.3, 0.4) is 0 Å². The molecule has 1 unspecified atom stereocenters. The van der Waals surface area contributed by atoms with Crippen LogP contribution in [0.1, 0.15) is 24.1 Å². The fourth-order valence-electron chi connectivity index (χ4n) is 3.45. The first-order valence-corrected chi connectivity index (χ1v) is 9.37. The molecule has 1 aliphatic rings. The highest BCUT2D eigenvalue weighted by Crippen LogP contribution is 2.24. The largest absolute Gasteiger partial charge is 0.496 e. The Hall–Kier alpha value is -3.11. The van der Waals surface area contributed by atoms with E-state index in [9.17, 15) is 10.1 Å². The number of ether oxygens (including phenoxy) is 1. The van der Waals surface area contributed by atoms with E-state index in [1.165, 1.54) is 0 Å². The molecule has 1 amide bonds. The lowest BCUT2D eigenvalue weighted by atomic mass is 10.1. The van der Waals surface area contributed by atoms with Crippen LogP contribution in [0.4, 0.5) is 5.82 Å². The molecule has 1 saturated heterocycles. The van der Waals surface area contributed by atoms with Crippen LogP contribution >= 0.6 is 0 Å². The summed E-state index contributed by atoms with van der Waals surface area (Å²) >= 11 is 0. The van der Waals surface area contributed by atoms with E-state index in [4.69, 9.17) is 4.74 Å². The van der Waals surface area contributed by atoms with Gasteiger partial charge in [-0.15, -0.1) is 0 Å². The highest BCUT2D eigenvalue weighted by molar-refractivity contribution is 5.78. The zero-order valence-electron chi connectivity index (χ0n) is 16.3. The van der Waals surface area contributed by atoms with Gasteiger partial charge in [0.2, 0.25) is 5.91 Å². The molecule has 0 radical (unpaired) electrons. The van der Waals surface area contributed by atoms with E-state index in [1.54, 1.807) is 25.4 Å². The van der Waals surface area contributed by atoms with Gasteiger partial charge in [-0.1, -0.05) is 18.2 Å². The minimum atomic E-state index is -0.128. The topological polar surface area (TPSA) is 81.5 Å². The smallest absolute Gasteiger partial charge is 0.234 e. The van der Waals surface area contributed by atoms with Crippen molar-refractivity contribution in [1.82, 2.24) is 15.2 Å². The molecule has 0 saturated carbocycles. The molecule has 0 spiro atoms. The molecule has 28 heavy (non-hydrogen) atoms. The van der Waals surface area contributed by atoms with Gasteiger partial charge in [-0.05, 0) is 25.1 Å². The number of piperazine rings is 1. The number of hydrogen-bond donors (Lipinski definition) is 1. The molecule has 1 aromatic heterocycles. The van der Waals surface area contributed by atoms with Crippen LogP contribution in [0.5, 0.6) is 5.75 Å². The lowest BCUT2D eigenvalue weighted by molar-refractivity contribution is -0.123. The Morgan fingerprint density at radius 3 is 2.71 bits per heavy atom. The molecule has 7 heteroatoms. The Labute approximate surface area is 165 Å². The quantitative estimate of drug-likeness (QED) is 0.826. The zero-order chi connectivity index (χ0) is 19.9. The van der Waals surface area contributed by atoms with Crippen molar-refractivity contribution in [2.75, 3.05) is 44.7 Å². The van der Waals surface area contributed by atoms with Crippen LogP contribution in [0, 0.1) is 11.3 Å². The monoisotopic (exact) mass is 379 g/mol. The van der Waals surface area contributed by atoms with E-state index in [1.807, 2.05) is 31.2 Å². The van der Waals surface area contributed by atoms with Crippen molar-refractivity contribution in [2.24, 2.45) is 0 Å². The summed E-state index contributed by atoms with van der Waals surface area (Å²) in [5, 5.41) is 12.3. The number of nitrogens with one attached hydrogen (secondary N) is 1. The maximum Gasteiger partial charge on any atom is 0.234 e. The van der Waals surface area contributed by atoms with Crippen LogP contribution in [0.25, 0.3) is 0 Å². The predicted octanol–water partition coefficient (Wildman–Crippen LogP) is 1.96. The van der Waals surface area contributed by atoms with Crippen molar-refractivity contribution in [2.45, 2.75) is 13.0 Å². The second-order valence-electron chi connectivity index (χ2n) is 6.78. The van der Waals surface area contributed by atoms with E-state index < -0.39 is 0 Å². The van der Waals surface area contributed by atoms with Crippen molar-refractivity contribution < 1.29 is 9.53 Å². The first-order valence-electron chi connectivity index (χ1n) is 9.37. The number of nitrogens with zero attached hydrogens (tertiary/aromatic N) is 4. The van der Waals surface area contributed by atoms with Crippen molar-refractivity contribution in [3.8, 4) is 11.8 Å². The second kappa shape index (κ2) is 9.20. The molecule has 7 nitrogen and oxygen atoms in total. The molecule has 2 aromatic rings. The number of pyridine rings is 1. The van der Waals surface area contributed by atoms with Crippen LogP contribution in [0.2, 0.25) is 0 Å². The molecule has 2 heterocycles. The number of carbonyl (C=O) groups is 1. The Kier molecular flexibility index (Phi) is 6.45. The van der Waals surface area contributed by atoms with E-state index >= 15 is 0 Å². The van der Waals surface area contributed by atoms with E-state index in [-0.39, 0.29) is 11.9 Å². The molecule has 1 aromatic carbocycles. The van der Waals surface area contributed by atoms with E-state index in [0.717, 1.165) is 43.3 Å². The van der Waals surface area contributed by atoms with Crippen LogP contribution in [-0.4, -0.2) is 55.6 Å². The molecular formula is C21H25N5O2. The summed E-state index contributed by atoms with van der Waals surface area (Å²) in [6.07, 6.45) is 1.70. The summed E-state index contributed by atoms with van der Waals surface area (Å²) in [5.74, 6) is 1.48. The maximum atomic E-state index is 12.5. The number of benzene rings is 1. The molecule has 1 N–H and O–H groups in total. The van der Waals surface area contributed by atoms with Gasteiger partial charge in [-0.3, -0.25) is 9.69 Å². The minimum absolute atomic E-state index is 0.0117. The summed E-state index contributed by atoms with van der Waals surface area (Å²) in [6, 6.07) is 13.3. The van der Waals surface area contributed by atoms with Crippen LogP contribution in [-0.2, 0) is 4.79 Å². The Morgan fingerprint density at radius 2 is 2.00 bits per heavy atom. The Balaban J connectivity index is 1.52. The molecule has 1 atom stereocenters. The number of carbonyl (C=O) groups excluding carboxylic acids is 1. The van der Waals surface area contributed by atoms with Gasteiger partial charge in [-0.2, -0.15) is 5.26 Å². The molecule has 0 bridgehead atoms. The second-order valence-corrected chi connectivity index (χ2v) is 6.78. The third kappa shape index (κ3) is 4.59. The molecular weight excluding hydrogens is 354 g/mol. The molecule has 1 aliphatic heterocycles. The average molecular weight is 379 g/mol. The number of anilines is 1. The normalized spacial score (nSPS) is 15.5. The standard InChI is InChI=1S/C21H25N5O2/c1-16(18-7-3-4-8-19(18)28-2)24-20(27)15-25-10-12-26(13-11-25)21-17(14-22)6-5-9-23-21/h3-9,16H,10-13,15H2,1-2H3,(H,24,27). The van der Waals surface area contributed by atoms with Crippen molar-refractivity contribution in [1.29, 1.82) is 5.26 Å². The number of aromatic nitrogens is 1. The summed E-state index contributed by atoms with van der Waals surface area (Å²) < 4.78 is 5.37. The molecule has 1 fully saturated rings. The van der Waals surface area contributed by atoms with Gasteiger partial charge in [0, 0.05) is 37.9 Å². The van der Waals surface area contributed by atoms with Crippen LogP contribution in [0.15, 0.2) is 42.6 Å². The molecule has 3 rings (SSSR count). The first-order chi connectivity index (χ1) is 13.6. The van der Waals surface area contributed by atoms with E-state index in [2.05, 4.69) is 26.2 Å². The van der Waals surface area contributed by atoms with E-state index in [0.29, 0.717) is 12.1 Å². The van der Waals surface area contributed by atoms with Gasteiger partial charge in [-0.25, -0.2) is 4.98 Å². The number of nitriles is 1. The van der Waals surface area contributed by atoms with Crippen molar-refractivity contribution in [3.63, 3.8) is 0 Å². The van der Waals surface area contributed by atoms with Gasteiger partial charge in [0.25, 0.3) is 0 Å². The minimum Gasteiger partial charge on any atom is -0.496 e. The SMILES string of the molecule is COc1ccccc1C(C)NC(=O)CN1CCN(c2ncccc2C#N)CC1. The third-order valence-corrected chi connectivity index (χ3v) is 4.93. The number of para-hydroxylation sites is 1. The number of amides is 1. The molecule has 0 aliphatic carbocycles. The zero-order valence-corrected chi connectivity index (χ0v) is 16.3. The van der Waals surface area contributed by atoms with Crippen molar-refractivity contribution >= 4 is 11.7 Å². The lowest BCUT2D eigenvalue weighted by Crippen LogP contribution is -2.50.